The van der Waals surface area contributed by atoms with Gasteiger partial charge in [0.1, 0.15) is 5.75 Å². The maximum atomic E-state index is 12.7. The van der Waals surface area contributed by atoms with Gasteiger partial charge < -0.3 is 19.6 Å². The number of carbonyl (C=O) groups excluding carboxylic acids is 2. The molecule has 1 unspecified atom stereocenters. The third kappa shape index (κ3) is 8.57. The molecule has 0 radical (unpaired) electrons. The molecule has 8 nitrogen and oxygen atoms in total. The van der Waals surface area contributed by atoms with E-state index in [1.54, 1.807) is 37.2 Å². The standard InChI is InChI=1S/C21H30ClN3O3.C2HF3O2/c1-23(2)19(26)15-25-12-5-9-21(25)8-4-11-24(13-10-21)20(27)16-28-18-7-3-6-17(22)14-18;3-2(4,5)1(6)7/h3,6-7,14H,4-5,8-13,15-16H2,1-2H3;(H,6,7). The van der Waals surface area contributed by atoms with Crippen molar-refractivity contribution in [3.05, 3.63) is 29.3 Å². The maximum absolute atomic E-state index is 12.7. The zero-order valence-electron chi connectivity index (χ0n) is 19.8. The van der Waals surface area contributed by atoms with Crippen LogP contribution in [-0.2, 0) is 14.4 Å². The average Bonchev–Trinajstić information content (AvgIpc) is 3.02. The van der Waals surface area contributed by atoms with Crippen LogP contribution in [0.1, 0.15) is 32.1 Å². The first-order valence-electron chi connectivity index (χ1n) is 11.3. The molecule has 0 bridgehead atoms. The van der Waals surface area contributed by atoms with Gasteiger partial charge in [0.15, 0.2) is 6.61 Å². The maximum Gasteiger partial charge on any atom is 0.490 e. The summed E-state index contributed by atoms with van der Waals surface area (Å²) in [4.78, 5) is 39.7. The Hall–Kier alpha value is -2.53. The van der Waals surface area contributed by atoms with E-state index in [0.29, 0.717) is 23.9 Å². The second kappa shape index (κ2) is 12.4. The molecule has 0 aliphatic carbocycles. The number of alkyl halides is 3. The molecule has 1 aromatic carbocycles. The van der Waals surface area contributed by atoms with Crippen molar-refractivity contribution in [2.75, 3.05) is 46.9 Å². The molecule has 2 heterocycles. The van der Waals surface area contributed by atoms with Crippen LogP contribution in [0.15, 0.2) is 24.3 Å². The summed E-state index contributed by atoms with van der Waals surface area (Å²) in [5.74, 6) is -2.00. The van der Waals surface area contributed by atoms with Crippen LogP contribution in [0.3, 0.4) is 0 Å². The molecule has 2 saturated heterocycles. The molecule has 1 N–H and O–H groups in total. The van der Waals surface area contributed by atoms with Crippen molar-refractivity contribution in [3.8, 4) is 5.75 Å². The van der Waals surface area contributed by atoms with Gasteiger partial charge in [-0.15, -0.1) is 0 Å². The van der Waals surface area contributed by atoms with E-state index in [4.69, 9.17) is 26.2 Å². The number of benzene rings is 1. The van der Waals surface area contributed by atoms with Gasteiger partial charge in [-0.05, 0) is 56.8 Å². The molecular weight excluding hydrogens is 491 g/mol. The summed E-state index contributed by atoms with van der Waals surface area (Å²) in [5.41, 5.74) is 0.0501. The molecule has 2 aliphatic heterocycles. The zero-order chi connectivity index (χ0) is 26.2. The number of ether oxygens (including phenoxy) is 1. The van der Waals surface area contributed by atoms with E-state index >= 15 is 0 Å². The van der Waals surface area contributed by atoms with Gasteiger partial charge in [0.25, 0.3) is 5.91 Å². The average molecular weight is 522 g/mol. The largest absolute Gasteiger partial charge is 0.490 e. The predicted octanol–water partition coefficient (Wildman–Crippen LogP) is 3.29. The number of rotatable bonds is 5. The smallest absolute Gasteiger partial charge is 0.484 e. The Bertz CT molecular complexity index is 899. The number of hydrogen-bond donors (Lipinski definition) is 1. The second-order valence-electron chi connectivity index (χ2n) is 8.82. The molecule has 0 aromatic heterocycles. The monoisotopic (exact) mass is 521 g/mol. The molecule has 3 rings (SSSR count). The number of likely N-dealkylation sites (N-methyl/N-ethyl adjacent to an activating group) is 1. The summed E-state index contributed by atoms with van der Waals surface area (Å²) >= 11 is 5.96. The van der Waals surface area contributed by atoms with Crippen molar-refractivity contribution in [2.45, 2.75) is 43.8 Å². The Morgan fingerprint density at radius 3 is 2.31 bits per heavy atom. The topological polar surface area (TPSA) is 90.4 Å². The van der Waals surface area contributed by atoms with Crippen LogP contribution < -0.4 is 4.74 Å². The Kier molecular flexibility index (Phi) is 10.2. The lowest BCUT2D eigenvalue weighted by molar-refractivity contribution is -0.192. The predicted molar refractivity (Wildman–Crippen MR) is 123 cm³/mol. The van der Waals surface area contributed by atoms with E-state index in [2.05, 4.69) is 4.90 Å². The number of carboxylic acids is 1. The van der Waals surface area contributed by atoms with Crippen LogP contribution in [0.5, 0.6) is 5.75 Å². The van der Waals surface area contributed by atoms with E-state index in [-0.39, 0.29) is 24.0 Å². The van der Waals surface area contributed by atoms with Crippen molar-refractivity contribution < 1.29 is 37.4 Å². The minimum Gasteiger partial charge on any atom is -0.484 e. The molecule has 0 saturated carbocycles. The Morgan fingerprint density at radius 2 is 1.74 bits per heavy atom. The first-order chi connectivity index (χ1) is 16.3. The zero-order valence-corrected chi connectivity index (χ0v) is 20.6. The number of nitrogens with zero attached hydrogens (tertiary/aromatic N) is 3. The van der Waals surface area contributed by atoms with Gasteiger partial charge in [-0.1, -0.05) is 17.7 Å². The number of aliphatic carboxylic acids is 1. The lowest BCUT2D eigenvalue weighted by atomic mass is 9.87. The minimum absolute atomic E-state index is 0.00550. The van der Waals surface area contributed by atoms with Crippen LogP contribution in [0.4, 0.5) is 13.2 Å². The van der Waals surface area contributed by atoms with Gasteiger partial charge in [-0.3, -0.25) is 14.5 Å². The SMILES string of the molecule is CN(C)C(=O)CN1CCCC12CCCN(C(=O)COc1cccc(Cl)c1)CC2.O=C(O)C(F)(F)F. The van der Waals surface area contributed by atoms with Crippen molar-refractivity contribution in [1.29, 1.82) is 0 Å². The van der Waals surface area contributed by atoms with E-state index in [9.17, 15) is 22.8 Å². The fourth-order valence-corrected chi connectivity index (χ4v) is 4.51. The quantitative estimate of drug-likeness (QED) is 0.639. The number of likely N-dealkylation sites (tertiary alicyclic amines) is 2. The van der Waals surface area contributed by atoms with E-state index < -0.39 is 12.1 Å². The van der Waals surface area contributed by atoms with E-state index in [0.717, 1.165) is 45.2 Å². The molecule has 1 atom stereocenters. The van der Waals surface area contributed by atoms with Gasteiger partial charge in [0, 0.05) is 37.7 Å². The van der Waals surface area contributed by atoms with E-state index in [1.165, 1.54) is 0 Å². The molecule has 12 heteroatoms. The molecule has 1 spiro atoms. The molecule has 35 heavy (non-hydrogen) atoms. The summed E-state index contributed by atoms with van der Waals surface area (Å²) in [6.07, 6.45) is 0.0418. The molecule has 2 aliphatic rings. The van der Waals surface area contributed by atoms with Crippen LogP contribution in [0.2, 0.25) is 5.02 Å². The molecule has 196 valence electrons. The Labute approximate surface area is 207 Å². The third-order valence-electron chi connectivity index (χ3n) is 6.24. The van der Waals surface area contributed by atoms with Crippen molar-refractivity contribution >= 4 is 29.4 Å². The number of hydrogen-bond acceptors (Lipinski definition) is 5. The van der Waals surface area contributed by atoms with Gasteiger partial charge in [0.05, 0.1) is 6.54 Å². The molecule has 1 aromatic rings. The van der Waals surface area contributed by atoms with Gasteiger partial charge in [-0.2, -0.15) is 13.2 Å². The normalized spacial score (nSPS) is 20.6. The van der Waals surface area contributed by atoms with Crippen LogP contribution in [0, 0.1) is 0 Å². The Morgan fingerprint density at radius 1 is 1.11 bits per heavy atom. The summed E-state index contributed by atoms with van der Waals surface area (Å²) in [5, 5.41) is 7.72. The van der Waals surface area contributed by atoms with Gasteiger partial charge in [-0.25, -0.2) is 4.79 Å². The molecule has 2 fully saturated rings. The summed E-state index contributed by atoms with van der Waals surface area (Å²) in [7, 11) is 3.61. The third-order valence-corrected chi connectivity index (χ3v) is 6.47. The van der Waals surface area contributed by atoms with Crippen molar-refractivity contribution in [3.63, 3.8) is 0 Å². The van der Waals surface area contributed by atoms with Crippen LogP contribution in [0.25, 0.3) is 0 Å². The highest BCUT2D eigenvalue weighted by Gasteiger charge is 2.43. The van der Waals surface area contributed by atoms with Crippen molar-refractivity contribution in [2.24, 2.45) is 0 Å². The highest BCUT2D eigenvalue weighted by Crippen LogP contribution is 2.38. The molecule has 2 amide bonds. The van der Waals surface area contributed by atoms with Crippen LogP contribution in [-0.4, -0.2) is 96.2 Å². The highest BCUT2D eigenvalue weighted by molar-refractivity contribution is 6.30. The minimum atomic E-state index is -5.08. The summed E-state index contributed by atoms with van der Waals surface area (Å²) < 4.78 is 37.4. The van der Waals surface area contributed by atoms with Crippen molar-refractivity contribution in [1.82, 2.24) is 14.7 Å². The fourth-order valence-electron chi connectivity index (χ4n) is 4.33. The lowest BCUT2D eigenvalue weighted by Gasteiger charge is -2.38. The second-order valence-corrected chi connectivity index (χ2v) is 9.26. The summed E-state index contributed by atoms with van der Waals surface area (Å²) in [6.45, 7) is 2.92. The first-order valence-corrected chi connectivity index (χ1v) is 11.6. The first kappa shape index (κ1) is 28.7. The number of carbonyl (C=O) groups is 3. The number of halogens is 4. The fraction of sp³-hybridized carbons (Fsp3) is 0.609. The van der Waals surface area contributed by atoms with E-state index in [1.807, 2.05) is 11.0 Å². The summed E-state index contributed by atoms with van der Waals surface area (Å²) in [6, 6.07) is 7.10. The van der Waals surface area contributed by atoms with Gasteiger partial charge >= 0.3 is 12.1 Å². The molecular formula is C23H31ClF3N3O5. The van der Waals surface area contributed by atoms with Gasteiger partial charge in [0.2, 0.25) is 5.91 Å². The number of carboxylic acid groups (broad SMARTS) is 1. The number of amides is 2. The Balaban J connectivity index is 0.000000540. The highest BCUT2D eigenvalue weighted by atomic mass is 35.5. The lowest BCUT2D eigenvalue weighted by Crippen LogP contribution is -2.49. The van der Waals surface area contributed by atoms with Crippen LogP contribution >= 0.6 is 11.6 Å².